The van der Waals surface area contributed by atoms with E-state index in [0.717, 1.165) is 41.4 Å². The predicted octanol–water partition coefficient (Wildman–Crippen LogP) is 2.96. The van der Waals surface area contributed by atoms with Crippen LogP contribution in [0.4, 0.5) is 0 Å². The second-order valence-electron chi connectivity index (χ2n) is 8.23. The predicted molar refractivity (Wildman–Crippen MR) is 125 cm³/mol. The first-order chi connectivity index (χ1) is 15.3. The summed E-state index contributed by atoms with van der Waals surface area (Å²) in [5.74, 6) is 1.06. The number of benzene rings is 2. The summed E-state index contributed by atoms with van der Waals surface area (Å²) in [6.45, 7) is 1.24. The molecule has 0 saturated heterocycles. The number of H-pyrrole nitrogens is 1. The SMILES string of the molecule is CN(C)CCc1c[nH]c2ccc(Cc3nc(-c4ccc(CNS(C)(=O)=O)cc4)no3)cc12. The maximum Gasteiger partial charge on any atom is 0.231 e. The van der Waals surface area contributed by atoms with Crippen LogP contribution in [0.15, 0.2) is 53.2 Å². The molecule has 32 heavy (non-hydrogen) atoms. The Hall–Kier alpha value is -3.01. The molecule has 4 aromatic rings. The van der Waals surface area contributed by atoms with Crippen molar-refractivity contribution in [2.75, 3.05) is 26.9 Å². The second kappa shape index (κ2) is 9.23. The summed E-state index contributed by atoms with van der Waals surface area (Å²) in [4.78, 5) is 10.1. The molecule has 0 fully saturated rings. The summed E-state index contributed by atoms with van der Waals surface area (Å²) in [7, 11) is 0.929. The molecule has 0 amide bonds. The maximum absolute atomic E-state index is 11.2. The Balaban J connectivity index is 1.46. The average molecular weight is 454 g/mol. The highest BCUT2D eigenvalue weighted by Crippen LogP contribution is 2.23. The van der Waals surface area contributed by atoms with E-state index >= 15 is 0 Å². The van der Waals surface area contributed by atoms with E-state index in [9.17, 15) is 8.42 Å². The molecule has 2 N–H and O–H groups in total. The first kappa shape index (κ1) is 22.2. The zero-order valence-electron chi connectivity index (χ0n) is 18.4. The fourth-order valence-corrected chi connectivity index (χ4v) is 3.92. The maximum atomic E-state index is 11.2. The van der Waals surface area contributed by atoms with Crippen molar-refractivity contribution in [1.82, 2.24) is 24.7 Å². The molecular weight excluding hydrogens is 426 g/mol. The summed E-state index contributed by atoms with van der Waals surface area (Å²) in [6, 6.07) is 13.8. The lowest BCUT2D eigenvalue weighted by molar-refractivity contribution is 0.386. The number of fused-ring (bicyclic) bond motifs is 1. The molecule has 0 radical (unpaired) electrons. The number of sulfonamides is 1. The number of nitrogens with one attached hydrogen (secondary N) is 2. The Labute approximate surface area is 187 Å². The van der Waals surface area contributed by atoms with Crippen LogP contribution >= 0.6 is 0 Å². The third-order valence-corrected chi connectivity index (χ3v) is 5.90. The Kier molecular flexibility index (Phi) is 6.40. The van der Waals surface area contributed by atoms with Gasteiger partial charge in [-0.15, -0.1) is 0 Å². The zero-order valence-corrected chi connectivity index (χ0v) is 19.2. The van der Waals surface area contributed by atoms with Gasteiger partial charge in [0.2, 0.25) is 21.7 Å². The normalized spacial score (nSPS) is 12.1. The standard InChI is InChI=1S/C23H27N5O3S/c1-28(2)11-10-19-15-24-21-9-6-17(12-20(19)21)13-22-26-23(27-31-22)18-7-4-16(5-8-18)14-25-32(3,29)30/h4-9,12,15,24-25H,10-11,13-14H2,1-3H3. The molecule has 0 unspecified atom stereocenters. The van der Waals surface area contributed by atoms with Crippen LogP contribution in [0.3, 0.4) is 0 Å². The van der Waals surface area contributed by atoms with Crippen LogP contribution < -0.4 is 4.72 Å². The van der Waals surface area contributed by atoms with Crippen molar-refractivity contribution in [3.05, 3.63) is 71.2 Å². The number of likely N-dealkylation sites (N-methyl/N-ethyl adjacent to an activating group) is 1. The van der Waals surface area contributed by atoms with Gasteiger partial charge in [0.05, 0.1) is 12.7 Å². The Bertz CT molecular complexity index is 1310. The first-order valence-corrected chi connectivity index (χ1v) is 12.3. The largest absolute Gasteiger partial charge is 0.361 e. The van der Waals surface area contributed by atoms with Crippen LogP contribution in [-0.2, 0) is 29.4 Å². The van der Waals surface area contributed by atoms with Gasteiger partial charge in [0.1, 0.15) is 0 Å². The molecule has 0 saturated carbocycles. The zero-order chi connectivity index (χ0) is 22.7. The molecule has 0 bridgehead atoms. The van der Waals surface area contributed by atoms with E-state index in [2.05, 4.69) is 63.2 Å². The monoisotopic (exact) mass is 453 g/mol. The van der Waals surface area contributed by atoms with Crippen molar-refractivity contribution in [3.8, 4) is 11.4 Å². The summed E-state index contributed by atoms with van der Waals surface area (Å²) in [6.07, 6.45) is 4.76. The van der Waals surface area contributed by atoms with E-state index < -0.39 is 10.0 Å². The molecule has 0 aliphatic heterocycles. The van der Waals surface area contributed by atoms with Gasteiger partial charge in [-0.3, -0.25) is 0 Å². The van der Waals surface area contributed by atoms with Crippen LogP contribution in [0, 0.1) is 0 Å². The van der Waals surface area contributed by atoms with E-state index in [1.807, 2.05) is 24.3 Å². The topological polar surface area (TPSA) is 104 Å². The number of hydrogen-bond acceptors (Lipinski definition) is 6. The molecule has 2 heterocycles. The fraction of sp³-hybridized carbons (Fsp3) is 0.304. The Morgan fingerprint density at radius 3 is 2.56 bits per heavy atom. The third-order valence-electron chi connectivity index (χ3n) is 5.23. The van der Waals surface area contributed by atoms with Crippen LogP contribution in [0.1, 0.15) is 22.6 Å². The van der Waals surface area contributed by atoms with Gasteiger partial charge in [-0.1, -0.05) is 35.5 Å². The number of aromatic nitrogens is 3. The molecule has 0 atom stereocenters. The van der Waals surface area contributed by atoms with Gasteiger partial charge in [-0.05, 0) is 49.3 Å². The lowest BCUT2D eigenvalue weighted by Crippen LogP contribution is -2.21. The molecule has 0 spiro atoms. The van der Waals surface area contributed by atoms with Crippen molar-refractivity contribution in [2.24, 2.45) is 0 Å². The van der Waals surface area contributed by atoms with E-state index in [1.165, 1.54) is 10.9 Å². The number of hydrogen-bond donors (Lipinski definition) is 2. The Morgan fingerprint density at radius 1 is 1.09 bits per heavy atom. The molecule has 0 aliphatic rings. The van der Waals surface area contributed by atoms with Gasteiger partial charge in [-0.25, -0.2) is 13.1 Å². The van der Waals surface area contributed by atoms with Crippen molar-refractivity contribution in [2.45, 2.75) is 19.4 Å². The smallest absolute Gasteiger partial charge is 0.231 e. The molecule has 2 aromatic carbocycles. The van der Waals surface area contributed by atoms with Gasteiger partial charge in [-0.2, -0.15) is 4.98 Å². The number of aromatic amines is 1. The van der Waals surface area contributed by atoms with Gasteiger partial charge >= 0.3 is 0 Å². The van der Waals surface area contributed by atoms with Crippen molar-refractivity contribution >= 4 is 20.9 Å². The summed E-state index contributed by atoms with van der Waals surface area (Å²) < 4.78 is 30.4. The minimum absolute atomic E-state index is 0.245. The van der Waals surface area contributed by atoms with E-state index in [1.54, 1.807) is 0 Å². The quantitative estimate of drug-likeness (QED) is 0.404. The van der Waals surface area contributed by atoms with Crippen molar-refractivity contribution in [1.29, 1.82) is 0 Å². The summed E-state index contributed by atoms with van der Waals surface area (Å²) in [5.41, 5.74) is 5.20. The highest BCUT2D eigenvalue weighted by atomic mass is 32.2. The van der Waals surface area contributed by atoms with E-state index in [0.29, 0.717) is 18.1 Å². The third kappa shape index (κ3) is 5.61. The lowest BCUT2D eigenvalue weighted by Gasteiger charge is -2.08. The minimum atomic E-state index is -3.22. The highest BCUT2D eigenvalue weighted by molar-refractivity contribution is 7.88. The number of nitrogens with zero attached hydrogens (tertiary/aromatic N) is 3. The Morgan fingerprint density at radius 2 is 1.84 bits per heavy atom. The molecule has 8 nitrogen and oxygen atoms in total. The van der Waals surface area contributed by atoms with Crippen LogP contribution in [0.25, 0.3) is 22.3 Å². The number of rotatable bonds is 9. The summed E-state index contributed by atoms with van der Waals surface area (Å²) in [5, 5.41) is 5.33. The molecule has 4 rings (SSSR count). The van der Waals surface area contributed by atoms with Gasteiger partial charge in [0.15, 0.2) is 0 Å². The average Bonchev–Trinajstić information content (AvgIpc) is 3.37. The van der Waals surface area contributed by atoms with Crippen LogP contribution in [-0.4, -0.2) is 55.3 Å². The highest BCUT2D eigenvalue weighted by Gasteiger charge is 2.12. The van der Waals surface area contributed by atoms with Crippen LogP contribution in [0.5, 0.6) is 0 Å². The van der Waals surface area contributed by atoms with Gasteiger partial charge < -0.3 is 14.4 Å². The van der Waals surface area contributed by atoms with Gasteiger partial charge in [0, 0.05) is 35.8 Å². The molecular formula is C23H27N5O3S. The van der Waals surface area contributed by atoms with E-state index in [4.69, 9.17) is 4.52 Å². The lowest BCUT2D eigenvalue weighted by atomic mass is 10.1. The van der Waals surface area contributed by atoms with E-state index in [-0.39, 0.29) is 6.54 Å². The summed E-state index contributed by atoms with van der Waals surface area (Å²) >= 11 is 0. The van der Waals surface area contributed by atoms with Gasteiger partial charge in [0.25, 0.3) is 0 Å². The molecule has 2 aromatic heterocycles. The first-order valence-electron chi connectivity index (χ1n) is 10.4. The minimum Gasteiger partial charge on any atom is -0.361 e. The second-order valence-corrected chi connectivity index (χ2v) is 10.1. The van der Waals surface area contributed by atoms with Crippen molar-refractivity contribution < 1.29 is 12.9 Å². The molecule has 9 heteroatoms. The fourth-order valence-electron chi connectivity index (χ4n) is 3.49. The van der Waals surface area contributed by atoms with Crippen LogP contribution in [0.2, 0.25) is 0 Å². The molecule has 168 valence electrons. The van der Waals surface area contributed by atoms with Crippen molar-refractivity contribution in [3.63, 3.8) is 0 Å². The molecule has 0 aliphatic carbocycles.